The molecule has 0 radical (unpaired) electrons. The fourth-order valence-corrected chi connectivity index (χ4v) is 3.03. The Morgan fingerprint density at radius 2 is 2.16 bits per heavy atom. The van der Waals surface area contributed by atoms with Gasteiger partial charge in [0.05, 0.1) is 6.61 Å². The van der Waals surface area contributed by atoms with Gasteiger partial charge in [-0.15, -0.1) is 0 Å². The van der Waals surface area contributed by atoms with Crippen LogP contribution >= 0.6 is 0 Å². The number of para-hydroxylation sites is 1. The lowest BCUT2D eigenvalue weighted by molar-refractivity contribution is 0.171. The topological polar surface area (TPSA) is 54.5 Å². The van der Waals surface area contributed by atoms with E-state index in [2.05, 4.69) is 16.4 Å². The number of pyridine rings is 1. The third-order valence-electron chi connectivity index (χ3n) is 4.46. The number of fused-ring (bicyclic) bond motifs is 1. The lowest BCUT2D eigenvalue weighted by atomic mass is 9.97. The first-order chi connectivity index (χ1) is 12.1. The van der Waals surface area contributed by atoms with Crippen molar-refractivity contribution in [2.24, 2.45) is 5.92 Å². The van der Waals surface area contributed by atoms with Crippen molar-refractivity contribution in [3.05, 3.63) is 59.9 Å². The predicted octanol–water partition coefficient (Wildman–Crippen LogP) is 3.25. The van der Waals surface area contributed by atoms with Crippen LogP contribution in [0, 0.1) is 5.92 Å². The number of ether oxygens (including phenoxy) is 1. The molecule has 1 aliphatic rings. The average molecular weight is 339 g/mol. The number of benzene rings is 1. The number of carbonyl (C=O) groups is 1. The van der Waals surface area contributed by atoms with E-state index in [1.807, 2.05) is 49.1 Å². The normalized spacial score (nSPS) is 16.0. The standard InChI is InChI=1S/C20H25N3O2/c1-15(2)23(13-16-6-5-9-21-11-16)20(24)22-12-17-10-18-7-3-4-8-19(18)25-14-17/h3-9,11,15,17H,10,12-14H2,1-2H3,(H,22,24). The van der Waals surface area contributed by atoms with E-state index in [-0.39, 0.29) is 12.1 Å². The highest BCUT2D eigenvalue weighted by molar-refractivity contribution is 5.74. The lowest BCUT2D eigenvalue weighted by Crippen LogP contribution is -2.46. The van der Waals surface area contributed by atoms with Crippen LogP contribution in [0.15, 0.2) is 48.8 Å². The van der Waals surface area contributed by atoms with Gasteiger partial charge in [0.15, 0.2) is 0 Å². The third-order valence-corrected chi connectivity index (χ3v) is 4.46. The smallest absolute Gasteiger partial charge is 0.317 e. The Bertz CT molecular complexity index is 703. The molecule has 1 aromatic heterocycles. The van der Waals surface area contributed by atoms with Gasteiger partial charge in [0.2, 0.25) is 0 Å². The fourth-order valence-electron chi connectivity index (χ4n) is 3.03. The first-order valence-electron chi connectivity index (χ1n) is 8.77. The van der Waals surface area contributed by atoms with Crippen LogP contribution in [0.1, 0.15) is 25.0 Å². The number of urea groups is 1. The molecule has 0 fully saturated rings. The molecular formula is C20H25N3O2. The summed E-state index contributed by atoms with van der Waals surface area (Å²) in [5.74, 6) is 1.26. The van der Waals surface area contributed by atoms with Crippen molar-refractivity contribution < 1.29 is 9.53 Å². The number of aromatic nitrogens is 1. The minimum Gasteiger partial charge on any atom is -0.493 e. The van der Waals surface area contributed by atoms with E-state index >= 15 is 0 Å². The molecule has 0 spiro atoms. The van der Waals surface area contributed by atoms with Gasteiger partial charge in [0.1, 0.15) is 5.75 Å². The monoisotopic (exact) mass is 339 g/mol. The summed E-state index contributed by atoms with van der Waals surface area (Å²) < 4.78 is 5.80. The van der Waals surface area contributed by atoms with Gasteiger partial charge in [-0.2, -0.15) is 0 Å². The Morgan fingerprint density at radius 3 is 2.92 bits per heavy atom. The summed E-state index contributed by atoms with van der Waals surface area (Å²) in [4.78, 5) is 18.6. The first kappa shape index (κ1) is 17.3. The van der Waals surface area contributed by atoms with E-state index in [1.54, 1.807) is 12.4 Å². The van der Waals surface area contributed by atoms with Crippen LogP contribution in [0.3, 0.4) is 0 Å². The highest BCUT2D eigenvalue weighted by Crippen LogP contribution is 2.26. The molecule has 0 bridgehead atoms. The van der Waals surface area contributed by atoms with Crippen molar-refractivity contribution in [2.75, 3.05) is 13.2 Å². The van der Waals surface area contributed by atoms with Gasteiger partial charge in [0.25, 0.3) is 0 Å². The molecule has 132 valence electrons. The van der Waals surface area contributed by atoms with Crippen LogP contribution in [0.2, 0.25) is 0 Å². The third kappa shape index (κ3) is 4.50. The zero-order valence-corrected chi connectivity index (χ0v) is 14.8. The number of nitrogens with zero attached hydrogens (tertiary/aromatic N) is 2. The molecule has 3 rings (SSSR count). The van der Waals surface area contributed by atoms with Crippen molar-refractivity contribution in [3.8, 4) is 5.75 Å². The first-order valence-corrected chi connectivity index (χ1v) is 8.77. The van der Waals surface area contributed by atoms with Crippen molar-refractivity contribution in [1.29, 1.82) is 0 Å². The largest absolute Gasteiger partial charge is 0.493 e. The molecular weight excluding hydrogens is 314 g/mol. The van der Waals surface area contributed by atoms with E-state index < -0.39 is 0 Å². The van der Waals surface area contributed by atoms with Crippen molar-refractivity contribution in [2.45, 2.75) is 32.9 Å². The van der Waals surface area contributed by atoms with Gasteiger partial charge in [0, 0.05) is 37.4 Å². The second kappa shape index (κ2) is 8.01. The zero-order chi connectivity index (χ0) is 17.6. The molecule has 0 saturated carbocycles. The van der Waals surface area contributed by atoms with Gasteiger partial charge < -0.3 is 15.0 Å². The van der Waals surface area contributed by atoms with Crippen LogP contribution in [-0.2, 0) is 13.0 Å². The Morgan fingerprint density at radius 1 is 1.32 bits per heavy atom. The molecule has 0 saturated heterocycles. The lowest BCUT2D eigenvalue weighted by Gasteiger charge is -2.29. The summed E-state index contributed by atoms with van der Waals surface area (Å²) in [6.45, 7) is 5.86. The number of carbonyl (C=O) groups excluding carboxylic acids is 1. The molecule has 5 nitrogen and oxygen atoms in total. The van der Waals surface area contributed by atoms with Crippen LogP contribution in [0.4, 0.5) is 4.79 Å². The SMILES string of the molecule is CC(C)N(Cc1cccnc1)C(=O)NCC1COc2ccccc2C1. The number of nitrogens with one attached hydrogen (secondary N) is 1. The van der Waals surface area contributed by atoms with Crippen molar-refractivity contribution in [3.63, 3.8) is 0 Å². The van der Waals surface area contributed by atoms with Gasteiger partial charge >= 0.3 is 6.03 Å². The Kier molecular flexibility index (Phi) is 5.53. The summed E-state index contributed by atoms with van der Waals surface area (Å²) in [7, 11) is 0. The summed E-state index contributed by atoms with van der Waals surface area (Å²) in [6.07, 6.45) is 4.47. The molecule has 1 atom stereocenters. The molecule has 1 N–H and O–H groups in total. The number of hydrogen-bond donors (Lipinski definition) is 1. The van der Waals surface area contributed by atoms with Crippen LogP contribution < -0.4 is 10.1 Å². The Labute approximate surface area is 149 Å². The van der Waals surface area contributed by atoms with E-state index in [9.17, 15) is 4.79 Å². The van der Waals surface area contributed by atoms with E-state index in [0.29, 0.717) is 25.6 Å². The number of amides is 2. The maximum atomic E-state index is 12.6. The molecule has 1 unspecified atom stereocenters. The number of rotatable bonds is 5. The molecule has 1 aromatic carbocycles. The highest BCUT2D eigenvalue weighted by Gasteiger charge is 2.22. The molecule has 2 aromatic rings. The minimum atomic E-state index is -0.0438. The fraction of sp³-hybridized carbons (Fsp3) is 0.400. The van der Waals surface area contributed by atoms with Crippen molar-refractivity contribution >= 4 is 6.03 Å². The molecule has 5 heteroatoms. The predicted molar refractivity (Wildman–Crippen MR) is 97.4 cm³/mol. The van der Waals surface area contributed by atoms with Gasteiger partial charge in [-0.05, 0) is 43.5 Å². The second-order valence-electron chi connectivity index (χ2n) is 6.76. The average Bonchev–Trinajstić information content (AvgIpc) is 2.64. The van der Waals surface area contributed by atoms with E-state index in [4.69, 9.17) is 4.74 Å². The quantitative estimate of drug-likeness (QED) is 0.910. The molecule has 2 heterocycles. The molecule has 25 heavy (non-hydrogen) atoms. The maximum absolute atomic E-state index is 12.6. The summed E-state index contributed by atoms with van der Waals surface area (Å²) in [5, 5.41) is 3.07. The highest BCUT2D eigenvalue weighted by atomic mass is 16.5. The molecule has 2 amide bonds. The number of hydrogen-bond acceptors (Lipinski definition) is 3. The molecule has 1 aliphatic heterocycles. The Balaban J connectivity index is 1.55. The van der Waals surface area contributed by atoms with Gasteiger partial charge in [-0.1, -0.05) is 24.3 Å². The van der Waals surface area contributed by atoms with Crippen LogP contribution in [0.5, 0.6) is 5.75 Å². The van der Waals surface area contributed by atoms with Gasteiger partial charge in [-0.25, -0.2) is 4.79 Å². The van der Waals surface area contributed by atoms with E-state index in [0.717, 1.165) is 17.7 Å². The summed E-state index contributed by atoms with van der Waals surface area (Å²) >= 11 is 0. The van der Waals surface area contributed by atoms with Crippen LogP contribution in [-0.4, -0.2) is 35.1 Å². The minimum absolute atomic E-state index is 0.0438. The Hall–Kier alpha value is -2.56. The summed E-state index contributed by atoms with van der Waals surface area (Å²) in [6, 6.07) is 12.0. The summed E-state index contributed by atoms with van der Waals surface area (Å²) in [5.41, 5.74) is 2.24. The van der Waals surface area contributed by atoms with Crippen molar-refractivity contribution in [1.82, 2.24) is 15.2 Å². The van der Waals surface area contributed by atoms with Crippen LogP contribution in [0.25, 0.3) is 0 Å². The second-order valence-corrected chi connectivity index (χ2v) is 6.76. The maximum Gasteiger partial charge on any atom is 0.317 e. The molecule has 0 aliphatic carbocycles. The van der Waals surface area contributed by atoms with Gasteiger partial charge in [-0.3, -0.25) is 4.98 Å². The van der Waals surface area contributed by atoms with E-state index in [1.165, 1.54) is 5.56 Å². The zero-order valence-electron chi connectivity index (χ0n) is 14.8.